The molecule has 0 aromatic carbocycles. The van der Waals surface area contributed by atoms with Gasteiger partial charge < -0.3 is 5.73 Å². The maximum absolute atomic E-state index is 5.55. The van der Waals surface area contributed by atoms with Gasteiger partial charge in [0.05, 0.1) is 0 Å². The van der Waals surface area contributed by atoms with Crippen LogP contribution < -0.4 is 5.73 Å². The standard InChI is InChI=1S/C6H11N/c1-4-3-6(7)5(4)2/h5-6H,1,3,7H2,2H3. The summed E-state index contributed by atoms with van der Waals surface area (Å²) in [6, 6.07) is 0.410. The number of nitrogens with two attached hydrogens (primary N) is 1. The average Bonchev–Trinajstić information content (AvgIpc) is 1.68. The Balaban J connectivity index is 2.43. The zero-order valence-corrected chi connectivity index (χ0v) is 4.65. The van der Waals surface area contributed by atoms with Gasteiger partial charge in [0.25, 0.3) is 0 Å². The van der Waals surface area contributed by atoms with Gasteiger partial charge in [0.2, 0.25) is 0 Å². The van der Waals surface area contributed by atoms with E-state index in [1.165, 1.54) is 5.57 Å². The Labute approximate surface area is 44.2 Å². The summed E-state index contributed by atoms with van der Waals surface area (Å²) in [5, 5.41) is 0. The SMILES string of the molecule is C=C1CC(N)C1C. The smallest absolute Gasteiger partial charge is 0.0139 e. The topological polar surface area (TPSA) is 26.0 Å². The highest BCUT2D eigenvalue weighted by Crippen LogP contribution is 2.29. The first kappa shape index (κ1) is 4.85. The number of rotatable bonds is 0. The molecule has 0 saturated heterocycles. The van der Waals surface area contributed by atoms with Gasteiger partial charge in [-0.2, -0.15) is 0 Å². The van der Waals surface area contributed by atoms with Gasteiger partial charge in [0.15, 0.2) is 0 Å². The van der Waals surface area contributed by atoms with E-state index in [4.69, 9.17) is 5.73 Å². The van der Waals surface area contributed by atoms with Gasteiger partial charge in [0, 0.05) is 6.04 Å². The Kier molecular flexibility index (Phi) is 0.927. The molecule has 1 rings (SSSR count). The second-order valence-electron chi connectivity index (χ2n) is 2.31. The van der Waals surface area contributed by atoms with E-state index in [0.29, 0.717) is 12.0 Å². The monoisotopic (exact) mass is 97.1 g/mol. The molecule has 2 N–H and O–H groups in total. The summed E-state index contributed by atoms with van der Waals surface area (Å²) >= 11 is 0. The van der Waals surface area contributed by atoms with E-state index >= 15 is 0 Å². The minimum Gasteiger partial charge on any atom is -0.327 e. The highest BCUT2D eigenvalue weighted by molar-refractivity contribution is 5.15. The van der Waals surface area contributed by atoms with Gasteiger partial charge in [-0.1, -0.05) is 19.1 Å². The molecule has 2 atom stereocenters. The molecule has 2 unspecified atom stereocenters. The third kappa shape index (κ3) is 0.570. The zero-order chi connectivity index (χ0) is 5.44. The molecule has 0 amide bonds. The van der Waals surface area contributed by atoms with Crippen molar-refractivity contribution in [2.24, 2.45) is 11.7 Å². The Hall–Kier alpha value is -0.300. The first-order chi connectivity index (χ1) is 3.22. The molecule has 7 heavy (non-hydrogen) atoms. The molecule has 1 aliphatic rings. The van der Waals surface area contributed by atoms with Crippen molar-refractivity contribution in [2.45, 2.75) is 19.4 Å². The molecule has 0 spiro atoms. The Morgan fingerprint density at radius 2 is 2.43 bits per heavy atom. The molecule has 0 radical (unpaired) electrons. The van der Waals surface area contributed by atoms with Crippen LogP contribution >= 0.6 is 0 Å². The Morgan fingerprint density at radius 1 is 1.86 bits per heavy atom. The lowest BCUT2D eigenvalue weighted by molar-refractivity contribution is 0.400. The van der Waals surface area contributed by atoms with Crippen molar-refractivity contribution in [1.82, 2.24) is 0 Å². The fourth-order valence-corrected chi connectivity index (χ4v) is 0.808. The molecule has 1 nitrogen and oxygen atoms in total. The van der Waals surface area contributed by atoms with E-state index in [-0.39, 0.29) is 0 Å². The molecule has 40 valence electrons. The molecule has 0 bridgehead atoms. The van der Waals surface area contributed by atoms with E-state index in [1.54, 1.807) is 0 Å². The number of hydrogen-bond donors (Lipinski definition) is 1. The lowest BCUT2D eigenvalue weighted by Gasteiger charge is -2.33. The third-order valence-corrected chi connectivity index (χ3v) is 1.78. The summed E-state index contributed by atoms with van der Waals surface area (Å²) < 4.78 is 0. The summed E-state index contributed by atoms with van der Waals surface area (Å²) in [7, 11) is 0. The van der Waals surface area contributed by atoms with Crippen molar-refractivity contribution in [3.63, 3.8) is 0 Å². The molecule has 0 heterocycles. The van der Waals surface area contributed by atoms with Crippen LogP contribution in [0.4, 0.5) is 0 Å². The first-order valence-electron chi connectivity index (χ1n) is 2.65. The largest absolute Gasteiger partial charge is 0.327 e. The van der Waals surface area contributed by atoms with Gasteiger partial charge in [0.1, 0.15) is 0 Å². The molecule has 1 heteroatoms. The molecule has 0 aromatic rings. The molecule has 1 saturated carbocycles. The third-order valence-electron chi connectivity index (χ3n) is 1.78. The summed E-state index contributed by atoms with van der Waals surface area (Å²) in [6.07, 6.45) is 1.04. The van der Waals surface area contributed by atoms with E-state index in [2.05, 4.69) is 13.5 Å². The maximum atomic E-state index is 5.55. The molecule has 1 aliphatic carbocycles. The Bertz CT molecular complexity index is 96.4. The van der Waals surface area contributed by atoms with Crippen LogP contribution in [0.3, 0.4) is 0 Å². The lowest BCUT2D eigenvalue weighted by Crippen LogP contribution is -2.39. The van der Waals surface area contributed by atoms with Crippen LogP contribution in [0.5, 0.6) is 0 Å². The second kappa shape index (κ2) is 1.34. The fraction of sp³-hybridized carbons (Fsp3) is 0.667. The van der Waals surface area contributed by atoms with E-state index < -0.39 is 0 Å². The van der Waals surface area contributed by atoms with Crippen molar-refractivity contribution in [3.05, 3.63) is 12.2 Å². The van der Waals surface area contributed by atoms with Crippen molar-refractivity contribution in [2.75, 3.05) is 0 Å². The minimum atomic E-state index is 0.410. The molecule has 1 fully saturated rings. The summed E-state index contributed by atoms with van der Waals surface area (Å²) in [5.74, 6) is 0.583. The van der Waals surface area contributed by atoms with Crippen LogP contribution in [-0.2, 0) is 0 Å². The van der Waals surface area contributed by atoms with Crippen LogP contribution in [0.25, 0.3) is 0 Å². The summed E-state index contributed by atoms with van der Waals surface area (Å²) in [6.45, 7) is 5.93. The van der Waals surface area contributed by atoms with Gasteiger partial charge >= 0.3 is 0 Å². The summed E-state index contributed by atoms with van der Waals surface area (Å²) in [5.41, 5.74) is 6.86. The van der Waals surface area contributed by atoms with E-state index in [9.17, 15) is 0 Å². The molecule has 0 aliphatic heterocycles. The highest BCUT2D eigenvalue weighted by atomic mass is 14.7. The minimum absolute atomic E-state index is 0.410. The van der Waals surface area contributed by atoms with Gasteiger partial charge in [-0.25, -0.2) is 0 Å². The van der Waals surface area contributed by atoms with Crippen molar-refractivity contribution in [3.8, 4) is 0 Å². The van der Waals surface area contributed by atoms with Crippen molar-refractivity contribution >= 4 is 0 Å². The van der Waals surface area contributed by atoms with Crippen LogP contribution in [-0.4, -0.2) is 6.04 Å². The predicted molar refractivity (Wildman–Crippen MR) is 30.9 cm³/mol. The lowest BCUT2D eigenvalue weighted by atomic mass is 9.77. The van der Waals surface area contributed by atoms with Gasteiger partial charge in [-0.3, -0.25) is 0 Å². The van der Waals surface area contributed by atoms with E-state index in [0.717, 1.165) is 6.42 Å². The number of hydrogen-bond acceptors (Lipinski definition) is 1. The van der Waals surface area contributed by atoms with Crippen LogP contribution in [0.1, 0.15) is 13.3 Å². The van der Waals surface area contributed by atoms with Gasteiger partial charge in [-0.05, 0) is 12.3 Å². The molecule has 0 aromatic heterocycles. The fourth-order valence-electron chi connectivity index (χ4n) is 0.808. The average molecular weight is 97.2 g/mol. The quantitative estimate of drug-likeness (QED) is 0.447. The Morgan fingerprint density at radius 3 is 2.43 bits per heavy atom. The second-order valence-corrected chi connectivity index (χ2v) is 2.31. The molecular weight excluding hydrogens is 86.1 g/mol. The van der Waals surface area contributed by atoms with Crippen LogP contribution in [0.15, 0.2) is 12.2 Å². The van der Waals surface area contributed by atoms with Gasteiger partial charge in [-0.15, -0.1) is 0 Å². The van der Waals surface area contributed by atoms with Crippen molar-refractivity contribution < 1.29 is 0 Å². The van der Waals surface area contributed by atoms with Crippen LogP contribution in [0.2, 0.25) is 0 Å². The van der Waals surface area contributed by atoms with Crippen molar-refractivity contribution in [1.29, 1.82) is 0 Å². The highest BCUT2D eigenvalue weighted by Gasteiger charge is 2.26. The molecular formula is C6H11N. The maximum Gasteiger partial charge on any atom is 0.0139 e. The predicted octanol–water partition coefficient (Wildman–Crippen LogP) is 0.910. The van der Waals surface area contributed by atoms with Crippen LogP contribution in [0, 0.1) is 5.92 Å². The summed E-state index contributed by atoms with van der Waals surface area (Å²) in [4.78, 5) is 0. The van der Waals surface area contributed by atoms with E-state index in [1.807, 2.05) is 0 Å². The zero-order valence-electron chi connectivity index (χ0n) is 4.65. The normalized spacial score (nSPS) is 40.6. The first-order valence-corrected chi connectivity index (χ1v) is 2.65.